The van der Waals surface area contributed by atoms with Gasteiger partial charge in [-0.1, -0.05) is 24.6 Å². The van der Waals surface area contributed by atoms with Crippen LogP contribution in [0, 0.1) is 11.8 Å². The van der Waals surface area contributed by atoms with E-state index >= 15 is 0 Å². The van der Waals surface area contributed by atoms with E-state index in [4.69, 9.17) is 5.21 Å². The Morgan fingerprint density at radius 3 is 2.75 bits per heavy atom. The predicted molar refractivity (Wildman–Crippen MR) is 50.5 cm³/mol. The van der Waals surface area contributed by atoms with Crippen molar-refractivity contribution >= 4 is 5.71 Å². The number of hydrogen-bond donors (Lipinski definition) is 1. The Hall–Kier alpha value is -0.790. The maximum atomic E-state index is 8.77. The van der Waals surface area contributed by atoms with Crippen LogP contribution in [0.3, 0.4) is 0 Å². The van der Waals surface area contributed by atoms with E-state index in [0.29, 0.717) is 11.8 Å². The molecule has 12 heavy (non-hydrogen) atoms. The standard InChI is InChI=1S/C10H17NO/c1-7(2)9-5-4-8(3)6-10(9)11-12/h6-7,9,12H,4-5H2,1-3H3. The third-order valence-electron chi connectivity index (χ3n) is 2.54. The van der Waals surface area contributed by atoms with E-state index in [1.165, 1.54) is 5.57 Å². The fraction of sp³-hybridized carbons (Fsp3) is 0.700. The third-order valence-corrected chi connectivity index (χ3v) is 2.54. The van der Waals surface area contributed by atoms with E-state index in [9.17, 15) is 0 Å². The Labute approximate surface area is 74.0 Å². The summed E-state index contributed by atoms with van der Waals surface area (Å²) >= 11 is 0. The van der Waals surface area contributed by atoms with Crippen molar-refractivity contribution in [2.75, 3.05) is 0 Å². The fourth-order valence-electron chi connectivity index (χ4n) is 1.74. The topological polar surface area (TPSA) is 32.6 Å². The van der Waals surface area contributed by atoms with Crippen LogP contribution in [0.15, 0.2) is 16.8 Å². The van der Waals surface area contributed by atoms with Gasteiger partial charge in [0.1, 0.15) is 0 Å². The van der Waals surface area contributed by atoms with Gasteiger partial charge in [0, 0.05) is 5.92 Å². The van der Waals surface area contributed by atoms with E-state index < -0.39 is 0 Å². The van der Waals surface area contributed by atoms with Gasteiger partial charge in [0.15, 0.2) is 0 Å². The Morgan fingerprint density at radius 1 is 1.58 bits per heavy atom. The van der Waals surface area contributed by atoms with Crippen LogP contribution >= 0.6 is 0 Å². The Morgan fingerprint density at radius 2 is 2.25 bits per heavy atom. The van der Waals surface area contributed by atoms with E-state index in [1.807, 2.05) is 6.08 Å². The molecule has 0 bridgehead atoms. The maximum Gasteiger partial charge on any atom is 0.0828 e. The molecule has 0 saturated carbocycles. The van der Waals surface area contributed by atoms with Crippen molar-refractivity contribution in [2.45, 2.75) is 33.6 Å². The molecular formula is C10H17NO. The maximum absolute atomic E-state index is 8.77. The van der Waals surface area contributed by atoms with E-state index in [0.717, 1.165) is 18.6 Å². The normalized spacial score (nSPS) is 27.8. The molecular weight excluding hydrogens is 150 g/mol. The molecule has 2 nitrogen and oxygen atoms in total. The summed E-state index contributed by atoms with van der Waals surface area (Å²) in [6.45, 7) is 6.43. The molecule has 2 heteroatoms. The highest BCUT2D eigenvalue weighted by Crippen LogP contribution is 2.26. The molecule has 1 unspecified atom stereocenters. The van der Waals surface area contributed by atoms with Crippen molar-refractivity contribution in [1.29, 1.82) is 0 Å². The second-order valence-electron chi connectivity index (χ2n) is 3.90. The highest BCUT2D eigenvalue weighted by atomic mass is 16.4. The molecule has 1 N–H and O–H groups in total. The lowest BCUT2D eigenvalue weighted by Gasteiger charge is -2.24. The quantitative estimate of drug-likeness (QED) is 0.472. The van der Waals surface area contributed by atoms with Crippen LogP contribution in [0.5, 0.6) is 0 Å². The summed E-state index contributed by atoms with van der Waals surface area (Å²) in [5.74, 6) is 1.01. The van der Waals surface area contributed by atoms with E-state index in [1.54, 1.807) is 0 Å². The number of hydrogen-bond acceptors (Lipinski definition) is 2. The Kier molecular flexibility index (Phi) is 2.90. The van der Waals surface area contributed by atoms with Gasteiger partial charge in [-0.05, 0) is 31.8 Å². The summed E-state index contributed by atoms with van der Waals surface area (Å²) in [5.41, 5.74) is 2.17. The summed E-state index contributed by atoms with van der Waals surface area (Å²) in [6.07, 6.45) is 4.27. The number of nitrogens with zero attached hydrogens (tertiary/aromatic N) is 1. The fourth-order valence-corrected chi connectivity index (χ4v) is 1.74. The first-order valence-corrected chi connectivity index (χ1v) is 4.54. The number of oxime groups is 1. The SMILES string of the molecule is CC1=CC(=NO)C(C(C)C)CC1. The van der Waals surface area contributed by atoms with Gasteiger partial charge in [0.25, 0.3) is 0 Å². The van der Waals surface area contributed by atoms with Crippen LogP contribution in [0.4, 0.5) is 0 Å². The van der Waals surface area contributed by atoms with Crippen LogP contribution in [-0.2, 0) is 0 Å². The lowest BCUT2D eigenvalue weighted by Crippen LogP contribution is -2.22. The molecule has 0 radical (unpaired) electrons. The van der Waals surface area contributed by atoms with Gasteiger partial charge in [0.05, 0.1) is 5.71 Å². The van der Waals surface area contributed by atoms with Gasteiger partial charge >= 0.3 is 0 Å². The van der Waals surface area contributed by atoms with Gasteiger partial charge in [0.2, 0.25) is 0 Å². The lowest BCUT2D eigenvalue weighted by atomic mass is 9.81. The van der Waals surface area contributed by atoms with Crippen molar-refractivity contribution in [3.05, 3.63) is 11.6 Å². The second kappa shape index (κ2) is 3.74. The van der Waals surface area contributed by atoms with Crippen LogP contribution in [0.25, 0.3) is 0 Å². The van der Waals surface area contributed by atoms with Crippen molar-refractivity contribution in [3.63, 3.8) is 0 Å². The molecule has 0 amide bonds. The molecule has 1 rings (SSSR count). The highest BCUT2D eigenvalue weighted by Gasteiger charge is 2.22. The molecule has 0 saturated heterocycles. The number of allylic oxidation sites excluding steroid dienone is 2. The Balaban J connectivity index is 2.81. The van der Waals surface area contributed by atoms with Gasteiger partial charge in [-0.25, -0.2) is 0 Å². The third kappa shape index (κ3) is 1.87. The van der Waals surface area contributed by atoms with Gasteiger partial charge in [-0.15, -0.1) is 0 Å². The van der Waals surface area contributed by atoms with Crippen molar-refractivity contribution in [1.82, 2.24) is 0 Å². The minimum Gasteiger partial charge on any atom is -0.411 e. The van der Waals surface area contributed by atoms with Crippen LogP contribution in [-0.4, -0.2) is 10.9 Å². The molecule has 0 spiro atoms. The molecule has 0 aromatic carbocycles. The highest BCUT2D eigenvalue weighted by molar-refractivity contribution is 5.97. The zero-order valence-corrected chi connectivity index (χ0v) is 8.04. The average Bonchev–Trinajstić information content (AvgIpc) is 2.03. The van der Waals surface area contributed by atoms with Crippen LogP contribution in [0.2, 0.25) is 0 Å². The summed E-state index contributed by atoms with van der Waals surface area (Å²) in [5, 5.41) is 12.1. The summed E-state index contributed by atoms with van der Waals surface area (Å²) in [7, 11) is 0. The molecule has 0 heterocycles. The molecule has 1 aliphatic rings. The summed E-state index contributed by atoms with van der Waals surface area (Å²) in [4.78, 5) is 0. The van der Waals surface area contributed by atoms with E-state index in [2.05, 4.69) is 25.9 Å². The monoisotopic (exact) mass is 167 g/mol. The van der Waals surface area contributed by atoms with Gasteiger partial charge in [-0.2, -0.15) is 0 Å². The summed E-state index contributed by atoms with van der Waals surface area (Å²) < 4.78 is 0. The minimum atomic E-state index is 0.443. The zero-order chi connectivity index (χ0) is 9.14. The first-order chi connectivity index (χ1) is 5.65. The van der Waals surface area contributed by atoms with Crippen molar-refractivity contribution < 1.29 is 5.21 Å². The molecule has 0 aromatic rings. The van der Waals surface area contributed by atoms with Gasteiger partial charge in [-0.3, -0.25) is 0 Å². The summed E-state index contributed by atoms with van der Waals surface area (Å²) in [6, 6.07) is 0. The lowest BCUT2D eigenvalue weighted by molar-refractivity contribution is 0.309. The molecule has 68 valence electrons. The van der Waals surface area contributed by atoms with Gasteiger partial charge < -0.3 is 5.21 Å². The minimum absolute atomic E-state index is 0.443. The van der Waals surface area contributed by atoms with Crippen molar-refractivity contribution in [2.24, 2.45) is 17.0 Å². The first-order valence-electron chi connectivity index (χ1n) is 4.54. The van der Waals surface area contributed by atoms with Crippen molar-refractivity contribution in [3.8, 4) is 0 Å². The number of rotatable bonds is 1. The molecule has 0 aliphatic heterocycles. The molecule has 1 aliphatic carbocycles. The predicted octanol–water partition coefficient (Wildman–Crippen LogP) is 2.83. The second-order valence-corrected chi connectivity index (χ2v) is 3.90. The van der Waals surface area contributed by atoms with Crippen LogP contribution < -0.4 is 0 Å². The smallest absolute Gasteiger partial charge is 0.0828 e. The average molecular weight is 167 g/mol. The molecule has 0 fully saturated rings. The first kappa shape index (κ1) is 9.30. The Bertz CT molecular complexity index is 216. The van der Waals surface area contributed by atoms with E-state index in [-0.39, 0.29) is 0 Å². The molecule has 1 atom stereocenters. The zero-order valence-electron chi connectivity index (χ0n) is 8.04. The van der Waals surface area contributed by atoms with Crippen LogP contribution in [0.1, 0.15) is 33.6 Å². The molecule has 0 aromatic heterocycles. The largest absolute Gasteiger partial charge is 0.411 e.